The Morgan fingerprint density at radius 1 is 1.30 bits per heavy atom. The third-order valence-electron chi connectivity index (χ3n) is 3.35. The van der Waals surface area contributed by atoms with Crippen LogP contribution in [-0.4, -0.2) is 57.2 Å². The number of sulfonamides is 1. The molecule has 20 heavy (non-hydrogen) atoms. The minimum absolute atomic E-state index is 0.0309. The predicted octanol–water partition coefficient (Wildman–Crippen LogP) is 0.305. The van der Waals surface area contributed by atoms with Gasteiger partial charge >= 0.3 is 0 Å². The quantitative estimate of drug-likeness (QED) is 0.663. The van der Waals surface area contributed by atoms with Crippen molar-refractivity contribution in [1.82, 2.24) is 14.9 Å². The standard InChI is InChI=1S/C13H27N3O3S/c1-11(2)14-8-4-5-13(17)16-9-6-12(7-10-16)15-20(3,18)19/h11-12,14-15H,4-10H2,1-3H3. The molecule has 7 heteroatoms. The SMILES string of the molecule is CC(C)NCCCC(=O)N1CCC(NS(C)(=O)=O)CC1. The van der Waals surface area contributed by atoms with Gasteiger partial charge in [-0.3, -0.25) is 4.79 Å². The van der Waals surface area contributed by atoms with Crippen molar-refractivity contribution in [2.24, 2.45) is 0 Å². The van der Waals surface area contributed by atoms with Gasteiger partial charge in [0.05, 0.1) is 6.26 Å². The fourth-order valence-corrected chi connectivity index (χ4v) is 3.18. The number of amides is 1. The largest absolute Gasteiger partial charge is 0.343 e. The van der Waals surface area contributed by atoms with Crippen molar-refractivity contribution >= 4 is 15.9 Å². The van der Waals surface area contributed by atoms with Gasteiger partial charge in [0.15, 0.2) is 0 Å². The van der Waals surface area contributed by atoms with E-state index in [-0.39, 0.29) is 11.9 Å². The zero-order valence-electron chi connectivity index (χ0n) is 12.7. The van der Waals surface area contributed by atoms with Crippen molar-refractivity contribution in [2.45, 2.75) is 51.6 Å². The summed E-state index contributed by atoms with van der Waals surface area (Å²) in [5, 5.41) is 3.29. The molecule has 0 saturated carbocycles. The van der Waals surface area contributed by atoms with Crippen LogP contribution in [0.5, 0.6) is 0 Å². The molecule has 6 nitrogen and oxygen atoms in total. The highest BCUT2D eigenvalue weighted by atomic mass is 32.2. The summed E-state index contributed by atoms with van der Waals surface area (Å²) in [6.45, 7) is 6.31. The lowest BCUT2D eigenvalue weighted by Gasteiger charge is -2.32. The minimum atomic E-state index is -3.15. The van der Waals surface area contributed by atoms with E-state index < -0.39 is 10.0 Å². The molecule has 0 bridgehead atoms. The summed E-state index contributed by atoms with van der Waals surface area (Å²) in [7, 11) is -3.15. The van der Waals surface area contributed by atoms with Gasteiger partial charge in [0, 0.05) is 31.6 Å². The maximum Gasteiger partial charge on any atom is 0.222 e. The Bertz CT molecular complexity index is 401. The zero-order valence-corrected chi connectivity index (χ0v) is 13.5. The van der Waals surface area contributed by atoms with Crippen molar-refractivity contribution < 1.29 is 13.2 Å². The Hall–Kier alpha value is -0.660. The average Bonchev–Trinajstić information content (AvgIpc) is 2.33. The normalized spacial score (nSPS) is 17.7. The molecule has 0 unspecified atom stereocenters. The van der Waals surface area contributed by atoms with E-state index in [1.807, 2.05) is 4.90 Å². The van der Waals surface area contributed by atoms with Gasteiger partial charge in [-0.1, -0.05) is 13.8 Å². The molecule has 0 aromatic heterocycles. The van der Waals surface area contributed by atoms with E-state index in [1.165, 1.54) is 6.26 Å². The molecule has 0 aliphatic carbocycles. The molecule has 0 aromatic carbocycles. The molecule has 0 radical (unpaired) electrons. The van der Waals surface area contributed by atoms with E-state index in [4.69, 9.17) is 0 Å². The second-order valence-corrected chi connectivity index (χ2v) is 7.54. The first-order valence-electron chi connectivity index (χ1n) is 7.26. The third kappa shape index (κ3) is 7.21. The highest BCUT2D eigenvalue weighted by molar-refractivity contribution is 7.88. The molecular formula is C13H27N3O3S. The predicted molar refractivity (Wildman–Crippen MR) is 80.0 cm³/mol. The summed E-state index contributed by atoms with van der Waals surface area (Å²) in [4.78, 5) is 13.8. The number of nitrogens with one attached hydrogen (secondary N) is 2. The summed E-state index contributed by atoms with van der Waals surface area (Å²) in [6.07, 6.45) is 3.97. The van der Waals surface area contributed by atoms with Crippen molar-refractivity contribution in [3.63, 3.8) is 0 Å². The molecule has 1 aliphatic rings. The Labute approximate surface area is 122 Å². The number of hydrogen-bond acceptors (Lipinski definition) is 4. The van der Waals surface area contributed by atoms with Crippen LogP contribution in [0.25, 0.3) is 0 Å². The van der Waals surface area contributed by atoms with E-state index >= 15 is 0 Å². The van der Waals surface area contributed by atoms with Crippen LogP contribution in [0.1, 0.15) is 39.5 Å². The van der Waals surface area contributed by atoms with Gasteiger partial charge < -0.3 is 10.2 Å². The number of likely N-dealkylation sites (tertiary alicyclic amines) is 1. The molecule has 0 spiro atoms. The summed E-state index contributed by atoms with van der Waals surface area (Å²) in [6, 6.07) is 0.416. The summed E-state index contributed by atoms with van der Waals surface area (Å²) < 4.78 is 24.9. The van der Waals surface area contributed by atoms with Gasteiger partial charge in [0.25, 0.3) is 0 Å². The molecule has 1 heterocycles. The monoisotopic (exact) mass is 305 g/mol. The number of piperidine rings is 1. The average molecular weight is 305 g/mol. The van der Waals surface area contributed by atoms with Gasteiger partial charge in [0.2, 0.25) is 15.9 Å². The molecule has 0 atom stereocenters. The first kappa shape index (κ1) is 17.4. The van der Waals surface area contributed by atoms with Crippen LogP contribution in [0, 0.1) is 0 Å². The number of nitrogens with zero attached hydrogens (tertiary/aromatic N) is 1. The lowest BCUT2D eigenvalue weighted by Crippen LogP contribution is -2.46. The van der Waals surface area contributed by atoms with Gasteiger partial charge in [-0.05, 0) is 25.8 Å². The van der Waals surface area contributed by atoms with Crippen LogP contribution in [0.4, 0.5) is 0 Å². The van der Waals surface area contributed by atoms with E-state index in [0.29, 0.717) is 38.4 Å². The molecule has 1 aliphatic heterocycles. The van der Waals surface area contributed by atoms with Crippen LogP contribution in [0.2, 0.25) is 0 Å². The van der Waals surface area contributed by atoms with Crippen molar-refractivity contribution in [3.05, 3.63) is 0 Å². The van der Waals surface area contributed by atoms with Gasteiger partial charge in [-0.15, -0.1) is 0 Å². The van der Waals surface area contributed by atoms with Crippen molar-refractivity contribution in [3.8, 4) is 0 Å². The van der Waals surface area contributed by atoms with Gasteiger partial charge in [-0.25, -0.2) is 13.1 Å². The Morgan fingerprint density at radius 3 is 2.40 bits per heavy atom. The molecule has 1 rings (SSSR count). The summed E-state index contributed by atoms with van der Waals surface area (Å²) in [5.74, 6) is 0.174. The second-order valence-electron chi connectivity index (χ2n) is 5.76. The fourth-order valence-electron chi connectivity index (χ4n) is 2.34. The van der Waals surface area contributed by atoms with Crippen LogP contribution in [0.3, 0.4) is 0 Å². The van der Waals surface area contributed by atoms with E-state index in [1.54, 1.807) is 0 Å². The van der Waals surface area contributed by atoms with Crippen molar-refractivity contribution in [1.29, 1.82) is 0 Å². The number of hydrogen-bond donors (Lipinski definition) is 2. The molecule has 1 amide bonds. The molecule has 1 saturated heterocycles. The van der Waals surface area contributed by atoms with Crippen LogP contribution >= 0.6 is 0 Å². The van der Waals surface area contributed by atoms with E-state index in [9.17, 15) is 13.2 Å². The third-order valence-corrected chi connectivity index (χ3v) is 4.11. The first-order valence-corrected chi connectivity index (χ1v) is 9.15. The Balaban J connectivity index is 2.22. The summed E-state index contributed by atoms with van der Waals surface area (Å²) >= 11 is 0. The number of carbonyl (C=O) groups excluding carboxylic acids is 1. The molecule has 1 fully saturated rings. The van der Waals surface area contributed by atoms with Crippen molar-refractivity contribution in [2.75, 3.05) is 25.9 Å². The van der Waals surface area contributed by atoms with Crippen LogP contribution in [-0.2, 0) is 14.8 Å². The number of carbonyl (C=O) groups is 1. The molecule has 118 valence electrons. The maximum atomic E-state index is 12.0. The maximum absolute atomic E-state index is 12.0. The highest BCUT2D eigenvalue weighted by Gasteiger charge is 2.24. The van der Waals surface area contributed by atoms with Gasteiger partial charge in [0.1, 0.15) is 0 Å². The first-order chi connectivity index (χ1) is 9.28. The molecular weight excluding hydrogens is 278 g/mol. The summed E-state index contributed by atoms with van der Waals surface area (Å²) in [5.41, 5.74) is 0. The van der Waals surface area contributed by atoms with Gasteiger partial charge in [-0.2, -0.15) is 0 Å². The lowest BCUT2D eigenvalue weighted by molar-refractivity contribution is -0.132. The van der Waals surface area contributed by atoms with E-state index in [0.717, 1.165) is 13.0 Å². The molecule has 2 N–H and O–H groups in total. The Morgan fingerprint density at radius 2 is 1.90 bits per heavy atom. The molecule has 0 aromatic rings. The fraction of sp³-hybridized carbons (Fsp3) is 0.923. The minimum Gasteiger partial charge on any atom is -0.343 e. The van der Waals surface area contributed by atoms with Crippen LogP contribution < -0.4 is 10.0 Å². The highest BCUT2D eigenvalue weighted by Crippen LogP contribution is 2.12. The number of rotatable bonds is 7. The van der Waals surface area contributed by atoms with E-state index in [2.05, 4.69) is 23.9 Å². The topological polar surface area (TPSA) is 78.5 Å². The van der Waals surface area contributed by atoms with Crippen LogP contribution in [0.15, 0.2) is 0 Å². The smallest absolute Gasteiger partial charge is 0.222 e. The lowest BCUT2D eigenvalue weighted by atomic mass is 10.1. The Kier molecular flexibility index (Phi) is 6.91. The zero-order chi connectivity index (χ0) is 15.2. The second kappa shape index (κ2) is 7.95.